The summed E-state index contributed by atoms with van der Waals surface area (Å²) in [6, 6.07) is 4.61. The number of thioether (sulfide) groups is 1. The van der Waals surface area contributed by atoms with E-state index < -0.39 is 22.5 Å². The van der Waals surface area contributed by atoms with Gasteiger partial charge >= 0.3 is 6.18 Å². The van der Waals surface area contributed by atoms with Crippen LogP contribution in [-0.2, 0) is 6.18 Å². The van der Waals surface area contributed by atoms with Gasteiger partial charge in [-0.05, 0) is 18.4 Å². The van der Waals surface area contributed by atoms with E-state index in [-0.39, 0.29) is 16.4 Å². The van der Waals surface area contributed by atoms with Gasteiger partial charge in [-0.2, -0.15) is 13.2 Å². The van der Waals surface area contributed by atoms with Crippen molar-refractivity contribution < 1.29 is 18.1 Å². The zero-order chi connectivity index (χ0) is 15.6. The Morgan fingerprint density at radius 1 is 1.19 bits per heavy atom. The SMILES string of the molecule is CSc1nnc(C(F)(F)F)c(-c2ccc([N+](=O)[O-])cc2)n1. The van der Waals surface area contributed by atoms with Crippen LogP contribution >= 0.6 is 11.8 Å². The van der Waals surface area contributed by atoms with Crippen molar-refractivity contribution in [3.8, 4) is 11.3 Å². The number of nitrogens with zero attached hydrogens (tertiary/aromatic N) is 4. The lowest BCUT2D eigenvalue weighted by atomic mass is 10.1. The number of nitro groups is 1. The van der Waals surface area contributed by atoms with E-state index in [9.17, 15) is 23.3 Å². The van der Waals surface area contributed by atoms with E-state index >= 15 is 0 Å². The minimum absolute atomic E-state index is 0.0800. The Morgan fingerprint density at radius 3 is 2.29 bits per heavy atom. The van der Waals surface area contributed by atoms with Crippen molar-refractivity contribution >= 4 is 17.4 Å². The summed E-state index contributed by atoms with van der Waals surface area (Å²) in [5, 5.41) is 17.2. The fourth-order valence-electron chi connectivity index (χ4n) is 1.53. The lowest BCUT2D eigenvalue weighted by Gasteiger charge is -2.10. The van der Waals surface area contributed by atoms with Gasteiger partial charge in [-0.3, -0.25) is 10.1 Å². The van der Waals surface area contributed by atoms with Crippen molar-refractivity contribution in [3.05, 3.63) is 40.1 Å². The summed E-state index contributed by atoms with van der Waals surface area (Å²) in [5.74, 6) is 0. The predicted molar refractivity (Wildman–Crippen MR) is 68.7 cm³/mol. The molecule has 1 aromatic heterocycles. The lowest BCUT2D eigenvalue weighted by Crippen LogP contribution is -2.13. The first-order valence-electron chi connectivity index (χ1n) is 5.43. The van der Waals surface area contributed by atoms with Gasteiger partial charge in [0, 0.05) is 17.7 Å². The number of alkyl halides is 3. The fraction of sp³-hybridized carbons (Fsp3) is 0.182. The van der Waals surface area contributed by atoms with Gasteiger partial charge in [-0.15, -0.1) is 10.2 Å². The summed E-state index contributed by atoms with van der Waals surface area (Å²) in [6.45, 7) is 0. The molecule has 10 heteroatoms. The van der Waals surface area contributed by atoms with Crippen LogP contribution in [0.5, 0.6) is 0 Å². The van der Waals surface area contributed by atoms with Crippen LogP contribution < -0.4 is 0 Å². The second kappa shape index (κ2) is 5.64. The summed E-state index contributed by atoms with van der Waals surface area (Å²) < 4.78 is 38.8. The molecule has 0 fully saturated rings. The quantitative estimate of drug-likeness (QED) is 0.491. The van der Waals surface area contributed by atoms with Crippen LogP contribution in [0.3, 0.4) is 0 Å². The number of halogens is 3. The van der Waals surface area contributed by atoms with Gasteiger partial charge in [0.25, 0.3) is 5.69 Å². The smallest absolute Gasteiger partial charge is 0.258 e. The molecule has 6 nitrogen and oxygen atoms in total. The van der Waals surface area contributed by atoms with Crippen LogP contribution in [0.25, 0.3) is 11.3 Å². The third-order valence-electron chi connectivity index (χ3n) is 2.47. The lowest BCUT2D eigenvalue weighted by molar-refractivity contribution is -0.384. The molecule has 0 atom stereocenters. The third kappa shape index (κ3) is 3.27. The van der Waals surface area contributed by atoms with Crippen LogP contribution in [0.1, 0.15) is 5.69 Å². The van der Waals surface area contributed by atoms with Gasteiger partial charge in [0.05, 0.1) is 4.92 Å². The second-order valence-electron chi connectivity index (χ2n) is 3.80. The highest BCUT2D eigenvalue weighted by atomic mass is 32.2. The van der Waals surface area contributed by atoms with Crippen molar-refractivity contribution in [1.82, 2.24) is 15.2 Å². The summed E-state index contributed by atoms with van der Waals surface area (Å²) in [4.78, 5) is 13.7. The minimum Gasteiger partial charge on any atom is -0.258 e. The number of benzene rings is 1. The average Bonchev–Trinajstić information content (AvgIpc) is 2.45. The van der Waals surface area contributed by atoms with E-state index in [1.54, 1.807) is 6.26 Å². The van der Waals surface area contributed by atoms with E-state index in [4.69, 9.17) is 0 Å². The maximum atomic E-state index is 12.9. The molecule has 110 valence electrons. The standard InChI is InChI=1S/C11H7F3N4O2S/c1-21-10-15-8(9(16-17-10)11(12,13)14)6-2-4-7(5-3-6)18(19)20/h2-5H,1H3. The summed E-state index contributed by atoms with van der Waals surface area (Å²) in [5.41, 5.74) is -1.77. The third-order valence-corrected chi connectivity index (χ3v) is 3.01. The minimum atomic E-state index is -4.71. The maximum absolute atomic E-state index is 12.9. The van der Waals surface area contributed by atoms with Crippen LogP contribution in [0, 0.1) is 10.1 Å². The maximum Gasteiger partial charge on any atom is 0.437 e. The second-order valence-corrected chi connectivity index (χ2v) is 4.57. The summed E-state index contributed by atoms with van der Waals surface area (Å²) in [6.07, 6.45) is -3.11. The fourth-order valence-corrected chi connectivity index (χ4v) is 1.84. The van der Waals surface area contributed by atoms with Gasteiger partial charge in [0.15, 0.2) is 5.69 Å². The molecule has 1 aromatic carbocycles. The Hall–Kier alpha value is -2.23. The molecule has 1 heterocycles. The highest BCUT2D eigenvalue weighted by Gasteiger charge is 2.37. The van der Waals surface area contributed by atoms with Crippen molar-refractivity contribution in [3.63, 3.8) is 0 Å². The topological polar surface area (TPSA) is 81.8 Å². The molecule has 0 bridgehead atoms. The number of hydrogen-bond donors (Lipinski definition) is 0. The molecular weight excluding hydrogens is 309 g/mol. The molecule has 2 rings (SSSR count). The summed E-state index contributed by atoms with van der Waals surface area (Å²) >= 11 is 1.04. The molecule has 0 unspecified atom stereocenters. The molecule has 0 saturated heterocycles. The van der Waals surface area contributed by atoms with E-state index in [1.165, 1.54) is 12.1 Å². The normalized spacial score (nSPS) is 11.4. The first-order valence-corrected chi connectivity index (χ1v) is 6.66. The molecule has 21 heavy (non-hydrogen) atoms. The van der Waals surface area contributed by atoms with Gasteiger partial charge in [0.2, 0.25) is 5.16 Å². The van der Waals surface area contributed by atoms with Crippen LogP contribution in [0.15, 0.2) is 29.4 Å². The molecule has 0 aliphatic carbocycles. The Labute approximate surface area is 120 Å². The monoisotopic (exact) mass is 316 g/mol. The molecule has 0 amide bonds. The Morgan fingerprint density at radius 2 is 1.81 bits per heavy atom. The van der Waals surface area contributed by atoms with Crippen molar-refractivity contribution in [2.24, 2.45) is 0 Å². The van der Waals surface area contributed by atoms with Crippen molar-refractivity contribution in [1.29, 1.82) is 0 Å². The van der Waals surface area contributed by atoms with Crippen molar-refractivity contribution in [2.75, 3.05) is 6.26 Å². The number of rotatable bonds is 3. The molecule has 0 spiro atoms. The number of aromatic nitrogens is 3. The molecular formula is C11H7F3N4O2S. The van der Waals surface area contributed by atoms with Gasteiger partial charge in [0.1, 0.15) is 5.69 Å². The van der Waals surface area contributed by atoms with Gasteiger partial charge in [-0.25, -0.2) is 4.98 Å². The van der Waals surface area contributed by atoms with Crippen LogP contribution in [-0.4, -0.2) is 26.4 Å². The first-order chi connectivity index (χ1) is 9.82. The van der Waals surface area contributed by atoms with Gasteiger partial charge in [-0.1, -0.05) is 11.8 Å². The molecule has 0 radical (unpaired) electrons. The molecule has 0 aliphatic heterocycles. The molecule has 0 saturated carbocycles. The first kappa shape index (κ1) is 15.2. The van der Waals surface area contributed by atoms with E-state index in [0.717, 1.165) is 23.9 Å². The highest BCUT2D eigenvalue weighted by molar-refractivity contribution is 7.98. The van der Waals surface area contributed by atoms with E-state index in [2.05, 4.69) is 15.2 Å². The Balaban J connectivity index is 2.57. The van der Waals surface area contributed by atoms with Gasteiger partial charge < -0.3 is 0 Å². The highest BCUT2D eigenvalue weighted by Crippen LogP contribution is 2.35. The predicted octanol–water partition coefficient (Wildman–Crippen LogP) is 3.19. The van der Waals surface area contributed by atoms with Crippen LogP contribution in [0.2, 0.25) is 0 Å². The van der Waals surface area contributed by atoms with E-state index in [1.807, 2.05) is 0 Å². The van der Waals surface area contributed by atoms with Crippen molar-refractivity contribution in [2.45, 2.75) is 11.3 Å². The average molecular weight is 316 g/mol. The Bertz CT molecular complexity index is 676. The zero-order valence-electron chi connectivity index (χ0n) is 10.5. The summed E-state index contributed by atoms with van der Waals surface area (Å²) in [7, 11) is 0. The number of hydrogen-bond acceptors (Lipinski definition) is 6. The number of non-ortho nitro benzene ring substituents is 1. The Kier molecular flexibility index (Phi) is 4.07. The molecule has 2 aromatic rings. The largest absolute Gasteiger partial charge is 0.437 e. The molecule has 0 N–H and O–H groups in total. The zero-order valence-corrected chi connectivity index (χ0v) is 11.3. The van der Waals surface area contributed by atoms with Crippen LogP contribution in [0.4, 0.5) is 18.9 Å². The van der Waals surface area contributed by atoms with E-state index in [0.29, 0.717) is 0 Å². The molecule has 0 aliphatic rings. The number of nitro benzene ring substituents is 1.